The molecule has 88 valence electrons. The number of hydrogen-bond donors (Lipinski definition) is 2. The highest BCUT2D eigenvalue weighted by Gasteiger charge is 2.45. The molecule has 0 amide bonds. The average molecular weight is 234 g/mol. The molecule has 15 heavy (non-hydrogen) atoms. The fraction of sp³-hybridized carbons (Fsp3) is 1.00. The minimum absolute atomic E-state index is 0.234. The summed E-state index contributed by atoms with van der Waals surface area (Å²) in [6.07, 6.45) is 4.43. The van der Waals surface area contributed by atoms with E-state index in [2.05, 4.69) is 0 Å². The number of aliphatic hydroxyl groups is 1. The highest BCUT2D eigenvalue weighted by molar-refractivity contribution is 7.86. The lowest BCUT2D eigenvalue weighted by Gasteiger charge is -2.42. The average Bonchev–Trinajstić information content (AvgIpc) is 2.16. The molecular formula is C10H18O4S. The lowest BCUT2D eigenvalue weighted by Crippen LogP contribution is -2.46. The smallest absolute Gasteiger partial charge is 0.268 e. The third-order valence-electron chi connectivity index (χ3n) is 3.94. The Morgan fingerprint density at radius 2 is 1.60 bits per heavy atom. The molecule has 2 aliphatic carbocycles. The maximum atomic E-state index is 11.2. The lowest BCUT2D eigenvalue weighted by molar-refractivity contribution is 0.0114. The second-order valence-corrected chi connectivity index (χ2v) is 6.46. The zero-order valence-electron chi connectivity index (χ0n) is 8.67. The Bertz CT molecular complexity index is 322. The minimum Gasteiger partial charge on any atom is -0.393 e. The molecule has 0 saturated heterocycles. The summed E-state index contributed by atoms with van der Waals surface area (Å²) in [6, 6.07) is 0. The summed E-state index contributed by atoms with van der Waals surface area (Å²) in [5.74, 6) is 0.0527. The molecule has 4 atom stereocenters. The van der Waals surface area contributed by atoms with E-state index in [0.29, 0.717) is 12.8 Å². The summed E-state index contributed by atoms with van der Waals surface area (Å²) in [5.41, 5.74) is 0. The van der Waals surface area contributed by atoms with Crippen LogP contribution in [-0.2, 0) is 10.1 Å². The van der Waals surface area contributed by atoms with Crippen molar-refractivity contribution >= 4 is 10.1 Å². The van der Waals surface area contributed by atoms with Crippen LogP contribution in [0.4, 0.5) is 0 Å². The Kier molecular flexibility index (Phi) is 3.05. The first-order valence-electron chi connectivity index (χ1n) is 5.64. The van der Waals surface area contributed by atoms with Gasteiger partial charge >= 0.3 is 0 Å². The number of hydrogen-bond acceptors (Lipinski definition) is 3. The van der Waals surface area contributed by atoms with E-state index in [1.807, 2.05) is 0 Å². The van der Waals surface area contributed by atoms with Gasteiger partial charge in [-0.3, -0.25) is 4.55 Å². The highest BCUT2D eigenvalue weighted by atomic mass is 32.2. The monoisotopic (exact) mass is 234 g/mol. The Balaban J connectivity index is 2.24. The van der Waals surface area contributed by atoms with Crippen LogP contribution in [0.15, 0.2) is 0 Å². The van der Waals surface area contributed by atoms with Crippen LogP contribution in [0.5, 0.6) is 0 Å². The van der Waals surface area contributed by atoms with Crippen LogP contribution >= 0.6 is 0 Å². The van der Waals surface area contributed by atoms with Crippen molar-refractivity contribution in [3.8, 4) is 0 Å². The van der Waals surface area contributed by atoms with Gasteiger partial charge in [-0.1, -0.05) is 12.8 Å². The summed E-state index contributed by atoms with van der Waals surface area (Å²) in [7, 11) is -3.99. The molecule has 0 radical (unpaired) electrons. The van der Waals surface area contributed by atoms with Crippen LogP contribution in [0.1, 0.15) is 38.5 Å². The van der Waals surface area contributed by atoms with E-state index in [9.17, 15) is 13.5 Å². The van der Waals surface area contributed by atoms with Crippen LogP contribution in [0.25, 0.3) is 0 Å². The Morgan fingerprint density at radius 3 is 2.20 bits per heavy atom. The first-order valence-corrected chi connectivity index (χ1v) is 7.15. The number of aliphatic hydroxyl groups excluding tert-OH is 1. The molecule has 0 heterocycles. The molecule has 0 bridgehead atoms. The lowest BCUT2D eigenvalue weighted by atomic mass is 9.69. The maximum Gasteiger partial charge on any atom is 0.268 e. The predicted octanol–water partition coefficient (Wildman–Crippen LogP) is 1.20. The van der Waals surface area contributed by atoms with E-state index in [1.54, 1.807) is 0 Å². The van der Waals surface area contributed by atoms with Gasteiger partial charge in [0.05, 0.1) is 11.4 Å². The SMILES string of the molecule is O=S(=O)(O)C1CCCC2CCCC(O)C21. The van der Waals surface area contributed by atoms with Crippen LogP contribution in [0, 0.1) is 11.8 Å². The van der Waals surface area contributed by atoms with Crippen molar-refractivity contribution in [2.45, 2.75) is 49.9 Å². The first-order chi connectivity index (χ1) is 7.00. The van der Waals surface area contributed by atoms with Crippen molar-refractivity contribution < 1.29 is 18.1 Å². The van der Waals surface area contributed by atoms with Crippen LogP contribution in [-0.4, -0.2) is 29.4 Å². The second kappa shape index (κ2) is 4.03. The van der Waals surface area contributed by atoms with Gasteiger partial charge in [0, 0.05) is 5.92 Å². The Hall–Kier alpha value is -0.130. The van der Waals surface area contributed by atoms with Crippen molar-refractivity contribution in [2.75, 3.05) is 0 Å². The largest absolute Gasteiger partial charge is 0.393 e. The minimum atomic E-state index is -3.99. The zero-order valence-corrected chi connectivity index (χ0v) is 9.49. The summed E-state index contributed by atoms with van der Waals surface area (Å²) < 4.78 is 31.6. The van der Waals surface area contributed by atoms with E-state index in [-0.39, 0.29) is 11.8 Å². The third kappa shape index (κ3) is 2.19. The Morgan fingerprint density at radius 1 is 1.00 bits per heavy atom. The van der Waals surface area contributed by atoms with Crippen LogP contribution < -0.4 is 0 Å². The molecule has 0 spiro atoms. The topological polar surface area (TPSA) is 74.6 Å². The molecule has 4 nitrogen and oxygen atoms in total. The van der Waals surface area contributed by atoms with Gasteiger partial charge in [0.15, 0.2) is 0 Å². The molecule has 0 aliphatic heterocycles. The van der Waals surface area contributed by atoms with Crippen molar-refractivity contribution in [1.29, 1.82) is 0 Å². The standard InChI is InChI=1S/C10H18O4S/c11-8-5-1-3-7-4-2-6-9(10(7)8)15(12,13)14/h7-11H,1-6H2,(H,12,13,14). The third-order valence-corrected chi connectivity index (χ3v) is 5.25. The fourth-order valence-corrected chi connectivity index (χ4v) is 4.56. The summed E-state index contributed by atoms with van der Waals surface area (Å²) in [5, 5.41) is 9.13. The van der Waals surface area contributed by atoms with Gasteiger partial charge in [-0.2, -0.15) is 8.42 Å². The zero-order chi connectivity index (χ0) is 11.1. The van der Waals surface area contributed by atoms with Gasteiger partial charge < -0.3 is 5.11 Å². The van der Waals surface area contributed by atoms with Gasteiger partial charge in [0.1, 0.15) is 0 Å². The van der Waals surface area contributed by atoms with Crippen LogP contribution in [0.3, 0.4) is 0 Å². The summed E-state index contributed by atoms with van der Waals surface area (Å²) in [4.78, 5) is 0. The number of fused-ring (bicyclic) bond motifs is 1. The van der Waals surface area contributed by atoms with Crippen molar-refractivity contribution in [2.24, 2.45) is 11.8 Å². The molecule has 5 heteroatoms. The Labute approximate surface area is 90.4 Å². The first kappa shape index (κ1) is 11.4. The van der Waals surface area contributed by atoms with Gasteiger partial charge in [0.25, 0.3) is 10.1 Å². The van der Waals surface area contributed by atoms with E-state index in [4.69, 9.17) is 4.55 Å². The van der Waals surface area contributed by atoms with Gasteiger partial charge in [-0.05, 0) is 31.6 Å². The highest BCUT2D eigenvalue weighted by Crippen LogP contribution is 2.42. The molecule has 2 aliphatic rings. The molecule has 2 saturated carbocycles. The molecular weight excluding hydrogens is 216 g/mol. The van der Waals surface area contributed by atoms with E-state index in [1.165, 1.54) is 0 Å². The van der Waals surface area contributed by atoms with Crippen molar-refractivity contribution in [3.63, 3.8) is 0 Å². The van der Waals surface area contributed by atoms with Crippen LogP contribution in [0.2, 0.25) is 0 Å². The van der Waals surface area contributed by atoms with Gasteiger partial charge in [-0.25, -0.2) is 0 Å². The van der Waals surface area contributed by atoms with E-state index in [0.717, 1.165) is 25.7 Å². The molecule has 4 unspecified atom stereocenters. The molecule has 2 rings (SSSR count). The molecule has 0 aromatic rings. The van der Waals surface area contributed by atoms with E-state index >= 15 is 0 Å². The van der Waals surface area contributed by atoms with E-state index < -0.39 is 21.5 Å². The number of rotatable bonds is 1. The molecule has 0 aromatic heterocycles. The molecule has 2 N–H and O–H groups in total. The molecule has 2 fully saturated rings. The van der Waals surface area contributed by atoms with Crippen molar-refractivity contribution in [3.05, 3.63) is 0 Å². The quantitative estimate of drug-likeness (QED) is 0.669. The summed E-state index contributed by atoms with van der Waals surface area (Å²) in [6.45, 7) is 0. The predicted molar refractivity (Wildman–Crippen MR) is 56.0 cm³/mol. The molecule has 0 aromatic carbocycles. The summed E-state index contributed by atoms with van der Waals surface area (Å²) >= 11 is 0. The second-order valence-electron chi connectivity index (χ2n) is 4.82. The van der Waals surface area contributed by atoms with Gasteiger partial charge in [-0.15, -0.1) is 0 Å². The fourth-order valence-electron chi connectivity index (χ4n) is 3.30. The normalized spacial score (nSPS) is 42.3. The van der Waals surface area contributed by atoms with Gasteiger partial charge in [0.2, 0.25) is 0 Å². The maximum absolute atomic E-state index is 11.2. The van der Waals surface area contributed by atoms with Crippen molar-refractivity contribution in [1.82, 2.24) is 0 Å².